The van der Waals surface area contributed by atoms with Gasteiger partial charge in [-0.15, -0.1) is 0 Å². The Labute approximate surface area is 102 Å². The zero-order chi connectivity index (χ0) is 13.0. The van der Waals surface area contributed by atoms with Crippen molar-refractivity contribution in [1.82, 2.24) is 0 Å². The number of carbonyl (C=O) groups is 1. The van der Waals surface area contributed by atoms with Gasteiger partial charge in [-0.25, -0.2) is 0 Å². The smallest absolute Gasteiger partial charge is 0.253 e. The molecule has 1 unspecified atom stereocenters. The van der Waals surface area contributed by atoms with E-state index in [4.69, 9.17) is 10.5 Å². The highest BCUT2D eigenvalue weighted by Gasteiger charge is 2.15. The van der Waals surface area contributed by atoms with Crippen LogP contribution in [-0.4, -0.2) is 18.1 Å². The number of ether oxygens (including phenoxy) is 1. The van der Waals surface area contributed by atoms with Gasteiger partial charge < -0.3 is 15.8 Å². The zero-order valence-corrected chi connectivity index (χ0v) is 10.8. The molecule has 0 radical (unpaired) electrons. The van der Waals surface area contributed by atoms with Gasteiger partial charge in [-0.05, 0) is 51.5 Å². The van der Waals surface area contributed by atoms with E-state index in [1.54, 1.807) is 19.1 Å². The molecule has 0 saturated heterocycles. The Morgan fingerprint density at radius 3 is 2.53 bits per heavy atom. The van der Waals surface area contributed by atoms with Gasteiger partial charge in [0.25, 0.3) is 5.91 Å². The van der Waals surface area contributed by atoms with E-state index in [-0.39, 0.29) is 12.0 Å². The summed E-state index contributed by atoms with van der Waals surface area (Å²) in [5.41, 5.74) is 8.04. The molecule has 0 spiro atoms. The molecule has 0 saturated carbocycles. The molecule has 1 aromatic rings. The number of nitrogens with one attached hydrogen (secondary N) is 1. The molecule has 4 nitrogen and oxygen atoms in total. The zero-order valence-electron chi connectivity index (χ0n) is 10.8. The second kappa shape index (κ2) is 5.68. The van der Waals surface area contributed by atoms with Crippen LogP contribution in [0.25, 0.3) is 0 Å². The van der Waals surface area contributed by atoms with Crippen LogP contribution in [0, 0.1) is 6.92 Å². The highest BCUT2D eigenvalue weighted by molar-refractivity contribution is 5.94. The average molecular weight is 236 g/mol. The molecule has 0 aliphatic heterocycles. The van der Waals surface area contributed by atoms with Crippen molar-refractivity contribution in [2.75, 3.05) is 11.1 Å². The molecule has 0 fully saturated rings. The Morgan fingerprint density at radius 2 is 2.00 bits per heavy atom. The molecular weight excluding hydrogens is 216 g/mol. The summed E-state index contributed by atoms with van der Waals surface area (Å²) in [5.74, 6) is -0.147. The van der Waals surface area contributed by atoms with Crippen molar-refractivity contribution in [3.8, 4) is 0 Å². The molecule has 0 heterocycles. The SMILES string of the molecule is Cc1cc(N)ccc1NC(=O)C(C)OC(C)C. The Morgan fingerprint density at radius 1 is 1.35 bits per heavy atom. The Bertz CT molecular complexity index is 402. The van der Waals surface area contributed by atoms with Gasteiger partial charge in [-0.3, -0.25) is 4.79 Å². The van der Waals surface area contributed by atoms with E-state index in [0.717, 1.165) is 11.3 Å². The summed E-state index contributed by atoms with van der Waals surface area (Å²) >= 11 is 0. The normalized spacial score (nSPS) is 12.5. The first-order valence-electron chi connectivity index (χ1n) is 5.72. The van der Waals surface area contributed by atoms with Gasteiger partial charge in [0.05, 0.1) is 6.10 Å². The molecule has 0 bridgehead atoms. The van der Waals surface area contributed by atoms with E-state index in [1.165, 1.54) is 0 Å². The maximum Gasteiger partial charge on any atom is 0.253 e. The predicted octanol–water partition coefficient (Wildman–Crippen LogP) is 2.33. The summed E-state index contributed by atoms with van der Waals surface area (Å²) in [7, 11) is 0. The van der Waals surface area contributed by atoms with Crippen LogP contribution in [-0.2, 0) is 9.53 Å². The fourth-order valence-electron chi connectivity index (χ4n) is 1.53. The molecule has 1 rings (SSSR count). The van der Waals surface area contributed by atoms with E-state index in [1.807, 2.05) is 26.8 Å². The summed E-state index contributed by atoms with van der Waals surface area (Å²) in [4.78, 5) is 11.8. The number of rotatable bonds is 4. The van der Waals surface area contributed by atoms with Crippen molar-refractivity contribution in [2.24, 2.45) is 0 Å². The van der Waals surface area contributed by atoms with Crippen LogP contribution in [0.15, 0.2) is 18.2 Å². The number of benzene rings is 1. The third kappa shape index (κ3) is 4.07. The van der Waals surface area contributed by atoms with E-state index in [2.05, 4.69) is 5.32 Å². The highest BCUT2D eigenvalue weighted by atomic mass is 16.5. The van der Waals surface area contributed by atoms with E-state index in [0.29, 0.717) is 5.69 Å². The third-order valence-electron chi connectivity index (χ3n) is 2.35. The molecule has 0 aliphatic carbocycles. The Balaban J connectivity index is 2.67. The monoisotopic (exact) mass is 236 g/mol. The second-order valence-corrected chi connectivity index (χ2v) is 4.39. The molecule has 0 aromatic heterocycles. The summed E-state index contributed by atoms with van der Waals surface area (Å²) in [6, 6.07) is 5.38. The molecule has 1 aromatic carbocycles. The molecule has 94 valence electrons. The largest absolute Gasteiger partial charge is 0.399 e. The number of carbonyl (C=O) groups excluding carboxylic acids is 1. The van der Waals surface area contributed by atoms with Gasteiger partial charge in [-0.1, -0.05) is 0 Å². The number of aryl methyl sites for hydroxylation is 1. The summed E-state index contributed by atoms with van der Waals surface area (Å²) in [6.07, 6.45) is -0.435. The predicted molar refractivity (Wildman–Crippen MR) is 69.9 cm³/mol. The van der Waals surface area contributed by atoms with Crippen LogP contribution < -0.4 is 11.1 Å². The maximum absolute atomic E-state index is 11.8. The van der Waals surface area contributed by atoms with E-state index >= 15 is 0 Å². The molecule has 3 N–H and O–H groups in total. The molecular formula is C13H20N2O2. The molecule has 17 heavy (non-hydrogen) atoms. The summed E-state index contributed by atoms with van der Waals surface area (Å²) in [6.45, 7) is 7.44. The number of hydrogen-bond donors (Lipinski definition) is 2. The first-order chi connectivity index (χ1) is 7.90. The second-order valence-electron chi connectivity index (χ2n) is 4.39. The van der Waals surface area contributed by atoms with Crippen LogP contribution in [0.5, 0.6) is 0 Å². The van der Waals surface area contributed by atoms with Gasteiger partial charge in [0.2, 0.25) is 0 Å². The summed E-state index contributed by atoms with van der Waals surface area (Å²) in [5, 5.41) is 2.82. The number of amides is 1. The van der Waals surface area contributed by atoms with Crippen LogP contribution in [0.1, 0.15) is 26.3 Å². The summed E-state index contributed by atoms with van der Waals surface area (Å²) < 4.78 is 5.41. The Hall–Kier alpha value is -1.55. The van der Waals surface area contributed by atoms with Crippen LogP contribution >= 0.6 is 0 Å². The number of anilines is 2. The lowest BCUT2D eigenvalue weighted by Crippen LogP contribution is -2.30. The molecule has 1 amide bonds. The molecule has 0 aliphatic rings. The lowest BCUT2D eigenvalue weighted by atomic mass is 10.1. The number of hydrogen-bond acceptors (Lipinski definition) is 3. The fraction of sp³-hybridized carbons (Fsp3) is 0.462. The first-order valence-corrected chi connectivity index (χ1v) is 5.72. The van der Waals surface area contributed by atoms with Crippen molar-refractivity contribution < 1.29 is 9.53 Å². The van der Waals surface area contributed by atoms with Gasteiger partial charge in [-0.2, -0.15) is 0 Å². The van der Waals surface area contributed by atoms with Crippen LogP contribution in [0.3, 0.4) is 0 Å². The van der Waals surface area contributed by atoms with Crippen LogP contribution in [0.4, 0.5) is 11.4 Å². The van der Waals surface area contributed by atoms with Crippen molar-refractivity contribution >= 4 is 17.3 Å². The lowest BCUT2D eigenvalue weighted by molar-refractivity contribution is -0.128. The van der Waals surface area contributed by atoms with Crippen molar-refractivity contribution in [2.45, 2.75) is 39.9 Å². The topological polar surface area (TPSA) is 64.3 Å². The van der Waals surface area contributed by atoms with Gasteiger partial charge >= 0.3 is 0 Å². The third-order valence-corrected chi connectivity index (χ3v) is 2.35. The lowest BCUT2D eigenvalue weighted by Gasteiger charge is -2.16. The van der Waals surface area contributed by atoms with Gasteiger partial charge in [0.15, 0.2) is 0 Å². The minimum Gasteiger partial charge on any atom is -0.399 e. The number of nitrogen functional groups attached to an aromatic ring is 1. The minimum atomic E-state index is -0.466. The molecule has 1 atom stereocenters. The van der Waals surface area contributed by atoms with Crippen molar-refractivity contribution in [3.63, 3.8) is 0 Å². The minimum absolute atomic E-state index is 0.0308. The first kappa shape index (κ1) is 13.5. The standard InChI is InChI=1S/C13H20N2O2/c1-8(2)17-10(4)13(16)15-12-6-5-11(14)7-9(12)3/h5-8,10H,14H2,1-4H3,(H,15,16). The Kier molecular flexibility index (Phi) is 4.52. The molecule has 4 heteroatoms. The van der Waals surface area contributed by atoms with Crippen molar-refractivity contribution in [3.05, 3.63) is 23.8 Å². The van der Waals surface area contributed by atoms with E-state index in [9.17, 15) is 4.79 Å². The quantitative estimate of drug-likeness (QED) is 0.788. The van der Waals surface area contributed by atoms with Gasteiger partial charge in [0, 0.05) is 11.4 Å². The van der Waals surface area contributed by atoms with Crippen LogP contribution in [0.2, 0.25) is 0 Å². The van der Waals surface area contributed by atoms with Crippen molar-refractivity contribution in [1.29, 1.82) is 0 Å². The van der Waals surface area contributed by atoms with E-state index < -0.39 is 6.10 Å². The maximum atomic E-state index is 11.8. The average Bonchev–Trinajstić information content (AvgIpc) is 2.21. The highest BCUT2D eigenvalue weighted by Crippen LogP contribution is 2.18. The van der Waals surface area contributed by atoms with Gasteiger partial charge in [0.1, 0.15) is 6.10 Å². The number of nitrogens with two attached hydrogens (primary N) is 1. The fourth-order valence-corrected chi connectivity index (χ4v) is 1.53.